The molecule has 1 amide bonds. The lowest BCUT2D eigenvalue weighted by molar-refractivity contribution is -0.134. The van der Waals surface area contributed by atoms with E-state index in [9.17, 15) is 17.6 Å². The van der Waals surface area contributed by atoms with Gasteiger partial charge < -0.3 is 14.6 Å². The highest BCUT2D eigenvalue weighted by Crippen LogP contribution is 2.48. The molecule has 2 aromatic carbocycles. The molecule has 2 aliphatic heterocycles. The van der Waals surface area contributed by atoms with Crippen molar-refractivity contribution in [3.8, 4) is 11.4 Å². The standard InChI is InChI=1S/C32H35FN4O5S2/c1-4-44(39,40)25-8-5-22(6-9-25)18-34-31(38)28-17-24-15-20(2)42-32(29(24)43-28)11-13-37(14-12-32)21(3)23-7-10-26(27(33)16-23)30-35-19-41-36-30/h5-10,16-17,19-21H,4,11-15,18H2,1-3H3,(H,34,38). The Bertz CT molecular complexity index is 1750. The van der Waals surface area contributed by atoms with Crippen LogP contribution in [0.5, 0.6) is 0 Å². The third-order valence-corrected chi connectivity index (χ3v) is 11.8. The number of aromatic nitrogens is 2. The first-order valence-corrected chi connectivity index (χ1v) is 17.3. The van der Waals surface area contributed by atoms with Crippen LogP contribution in [0, 0.1) is 5.82 Å². The molecule has 0 bridgehead atoms. The number of halogens is 1. The summed E-state index contributed by atoms with van der Waals surface area (Å²) in [6, 6.07) is 13.8. The van der Waals surface area contributed by atoms with Crippen molar-refractivity contribution >= 4 is 27.1 Å². The normalized spacial score (nSPS) is 19.0. The monoisotopic (exact) mass is 638 g/mol. The molecule has 0 aliphatic carbocycles. The van der Waals surface area contributed by atoms with Gasteiger partial charge in [-0.15, -0.1) is 11.3 Å². The molecule has 4 aromatic rings. The van der Waals surface area contributed by atoms with Crippen LogP contribution in [0.15, 0.2) is 64.3 Å². The van der Waals surface area contributed by atoms with E-state index < -0.39 is 15.4 Å². The first kappa shape index (κ1) is 30.6. The van der Waals surface area contributed by atoms with Crippen LogP contribution in [0.3, 0.4) is 0 Å². The van der Waals surface area contributed by atoms with Crippen molar-refractivity contribution in [2.75, 3.05) is 18.8 Å². The number of ether oxygens (including phenoxy) is 1. The van der Waals surface area contributed by atoms with E-state index in [0.29, 0.717) is 17.0 Å². The molecule has 9 nitrogen and oxygen atoms in total. The van der Waals surface area contributed by atoms with Crippen molar-refractivity contribution in [1.29, 1.82) is 0 Å². The zero-order valence-electron chi connectivity index (χ0n) is 24.9. The first-order valence-electron chi connectivity index (χ1n) is 14.8. The van der Waals surface area contributed by atoms with Crippen molar-refractivity contribution in [1.82, 2.24) is 20.4 Å². The summed E-state index contributed by atoms with van der Waals surface area (Å²) in [7, 11) is -3.27. The number of carbonyl (C=O) groups is 1. The number of fused-ring (bicyclic) bond motifs is 2. The van der Waals surface area contributed by atoms with Crippen LogP contribution in [0.25, 0.3) is 11.4 Å². The zero-order chi connectivity index (χ0) is 31.1. The van der Waals surface area contributed by atoms with Crippen LogP contribution < -0.4 is 5.32 Å². The summed E-state index contributed by atoms with van der Waals surface area (Å²) in [4.78, 5) is 21.5. The second kappa shape index (κ2) is 12.2. The van der Waals surface area contributed by atoms with Crippen molar-refractivity contribution in [2.24, 2.45) is 0 Å². The molecule has 2 unspecified atom stereocenters. The number of thiophene rings is 1. The van der Waals surface area contributed by atoms with E-state index in [1.54, 1.807) is 43.3 Å². The van der Waals surface area contributed by atoms with Gasteiger partial charge in [-0.1, -0.05) is 30.3 Å². The number of piperidine rings is 1. The molecule has 2 atom stereocenters. The Hall–Kier alpha value is -3.45. The third-order valence-electron chi connectivity index (χ3n) is 8.73. The zero-order valence-corrected chi connectivity index (χ0v) is 26.5. The van der Waals surface area contributed by atoms with Gasteiger partial charge in [0, 0.05) is 30.6 Å². The molecular formula is C32H35FN4O5S2. The van der Waals surface area contributed by atoms with Crippen LogP contribution in [0.4, 0.5) is 4.39 Å². The van der Waals surface area contributed by atoms with Crippen LogP contribution in [0.1, 0.15) is 70.9 Å². The Morgan fingerprint density at radius 2 is 1.93 bits per heavy atom. The number of hydrogen-bond donors (Lipinski definition) is 1. The van der Waals surface area contributed by atoms with Crippen molar-refractivity contribution < 1.29 is 26.9 Å². The number of nitrogens with one attached hydrogen (secondary N) is 1. The third kappa shape index (κ3) is 5.95. The minimum atomic E-state index is -3.27. The fourth-order valence-corrected chi connectivity index (χ4v) is 8.39. The largest absolute Gasteiger partial charge is 0.366 e. The SMILES string of the molecule is CCS(=O)(=O)c1ccc(CNC(=O)c2cc3c(s2)C2(CCN(C(C)c4ccc(-c5ncon5)c(F)c4)CC2)OC(C)C3)cc1. The number of sulfone groups is 1. The molecule has 12 heteroatoms. The molecule has 0 saturated carbocycles. The topological polar surface area (TPSA) is 115 Å². The lowest BCUT2D eigenvalue weighted by Gasteiger charge is -2.47. The Kier molecular flexibility index (Phi) is 8.44. The van der Waals surface area contributed by atoms with Gasteiger partial charge >= 0.3 is 0 Å². The fraction of sp³-hybridized carbons (Fsp3) is 0.406. The highest BCUT2D eigenvalue weighted by atomic mass is 32.2. The van der Waals surface area contributed by atoms with Gasteiger partial charge in [-0.05, 0) is 80.1 Å². The molecule has 1 fully saturated rings. The van der Waals surface area contributed by atoms with E-state index in [4.69, 9.17) is 9.26 Å². The van der Waals surface area contributed by atoms with E-state index in [0.717, 1.165) is 53.9 Å². The van der Waals surface area contributed by atoms with E-state index in [1.807, 2.05) is 12.1 Å². The molecule has 0 radical (unpaired) electrons. The fourth-order valence-electron chi connectivity index (χ4n) is 6.21. The summed E-state index contributed by atoms with van der Waals surface area (Å²) in [5.74, 6) is -0.271. The molecule has 44 heavy (non-hydrogen) atoms. The van der Waals surface area contributed by atoms with Gasteiger partial charge in [-0.2, -0.15) is 4.98 Å². The summed E-state index contributed by atoms with van der Waals surface area (Å²) in [6.45, 7) is 7.62. The van der Waals surface area contributed by atoms with Crippen molar-refractivity contribution in [3.63, 3.8) is 0 Å². The van der Waals surface area contributed by atoms with Gasteiger partial charge in [-0.3, -0.25) is 9.69 Å². The predicted molar refractivity (Wildman–Crippen MR) is 165 cm³/mol. The molecule has 6 rings (SSSR count). The van der Waals surface area contributed by atoms with E-state index in [-0.39, 0.29) is 40.3 Å². The van der Waals surface area contributed by atoms with Crippen LogP contribution in [-0.2, 0) is 33.1 Å². The molecule has 4 heterocycles. The molecule has 1 saturated heterocycles. The first-order chi connectivity index (χ1) is 21.1. The summed E-state index contributed by atoms with van der Waals surface area (Å²) >= 11 is 1.50. The second-order valence-electron chi connectivity index (χ2n) is 11.5. The van der Waals surface area contributed by atoms with Gasteiger partial charge in [0.25, 0.3) is 5.91 Å². The maximum atomic E-state index is 14.9. The molecule has 2 aliphatic rings. The number of benzene rings is 2. The Morgan fingerprint density at radius 3 is 2.59 bits per heavy atom. The molecule has 1 spiro atoms. The highest BCUT2D eigenvalue weighted by molar-refractivity contribution is 7.91. The van der Waals surface area contributed by atoms with Gasteiger partial charge in [0.2, 0.25) is 12.2 Å². The minimum absolute atomic E-state index is 0.00229. The number of carbonyl (C=O) groups excluding carboxylic acids is 1. The van der Waals surface area contributed by atoms with Crippen molar-refractivity contribution in [3.05, 3.63) is 87.2 Å². The number of likely N-dealkylation sites (tertiary alicyclic amines) is 1. The average Bonchev–Trinajstić information content (AvgIpc) is 3.71. The Balaban J connectivity index is 1.12. The summed E-state index contributed by atoms with van der Waals surface area (Å²) in [6.07, 6.45) is 3.50. The number of amides is 1. The van der Waals surface area contributed by atoms with Gasteiger partial charge in [0.05, 0.1) is 27.2 Å². The molecule has 1 N–H and O–H groups in total. The highest BCUT2D eigenvalue weighted by Gasteiger charge is 2.45. The number of hydrogen-bond acceptors (Lipinski definition) is 9. The minimum Gasteiger partial charge on any atom is -0.366 e. The number of nitrogens with zero attached hydrogens (tertiary/aromatic N) is 3. The van der Waals surface area contributed by atoms with Crippen LogP contribution >= 0.6 is 11.3 Å². The van der Waals surface area contributed by atoms with Crippen molar-refractivity contribution in [2.45, 2.75) is 69.2 Å². The quantitative estimate of drug-likeness (QED) is 0.263. The molecule has 232 valence electrons. The van der Waals surface area contributed by atoms with E-state index >= 15 is 0 Å². The maximum absolute atomic E-state index is 14.9. The maximum Gasteiger partial charge on any atom is 0.261 e. The van der Waals surface area contributed by atoms with Gasteiger partial charge in [0.1, 0.15) is 11.4 Å². The Labute approximate surface area is 260 Å². The van der Waals surface area contributed by atoms with Gasteiger partial charge in [0.15, 0.2) is 9.84 Å². The average molecular weight is 639 g/mol. The van der Waals surface area contributed by atoms with Crippen LogP contribution in [-0.4, -0.2) is 54.3 Å². The predicted octanol–water partition coefficient (Wildman–Crippen LogP) is 5.67. The summed E-state index contributed by atoms with van der Waals surface area (Å²) < 4.78 is 50.5. The smallest absolute Gasteiger partial charge is 0.261 e. The van der Waals surface area contributed by atoms with Gasteiger partial charge in [-0.25, -0.2) is 12.8 Å². The lowest BCUT2D eigenvalue weighted by Crippen LogP contribution is -2.48. The van der Waals surface area contributed by atoms with E-state index in [2.05, 4.69) is 34.2 Å². The Morgan fingerprint density at radius 1 is 1.18 bits per heavy atom. The van der Waals surface area contributed by atoms with E-state index in [1.165, 1.54) is 17.7 Å². The summed E-state index contributed by atoms with van der Waals surface area (Å²) in [5, 5.41) is 6.73. The number of rotatable bonds is 8. The lowest BCUT2D eigenvalue weighted by atomic mass is 9.83. The second-order valence-corrected chi connectivity index (χ2v) is 14.9. The van der Waals surface area contributed by atoms with Crippen LogP contribution in [0.2, 0.25) is 0 Å². The summed E-state index contributed by atoms with van der Waals surface area (Å²) in [5.41, 5.74) is 2.71. The molecule has 2 aromatic heterocycles. The molecular weight excluding hydrogens is 604 g/mol.